The first kappa shape index (κ1) is 11.4. The number of hydrogen-bond donors (Lipinski definition) is 0. The summed E-state index contributed by atoms with van der Waals surface area (Å²) in [5, 5.41) is 0. The van der Waals surface area contributed by atoms with Crippen molar-refractivity contribution in [3.8, 4) is 0 Å². The zero-order chi connectivity index (χ0) is 10.8. The first-order valence-corrected chi connectivity index (χ1v) is 6.16. The smallest absolute Gasteiger partial charge is 0.263 e. The Morgan fingerprint density at radius 3 is 2.36 bits per heavy atom. The molecule has 0 saturated carbocycles. The molecular formula is C9H7F3IN. The van der Waals surface area contributed by atoms with Crippen LogP contribution in [-0.4, -0.2) is 11.2 Å². The van der Waals surface area contributed by atoms with E-state index in [9.17, 15) is 13.2 Å². The number of aliphatic imine (C=N–C) groups is 1. The minimum absolute atomic E-state index is 0.0669. The predicted molar refractivity (Wildman–Crippen MR) is 60.5 cm³/mol. The van der Waals surface area contributed by atoms with E-state index >= 15 is 0 Å². The average Bonchev–Trinajstić information content (AvgIpc) is 2.15. The fourth-order valence-corrected chi connectivity index (χ4v) is 2.30. The van der Waals surface area contributed by atoms with Gasteiger partial charge in [-0.25, -0.2) is 0 Å². The summed E-state index contributed by atoms with van der Waals surface area (Å²) in [6, 6.07) is 3.99. The molecule has 0 atom stereocenters. The van der Waals surface area contributed by atoms with Crippen LogP contribution < -0.4 is 0 Å². The summed E-state index contributed by atoms with van der Waals surface area (Å²) in [7, 11) is 0. The zero-order valence-corrected chi connectivity index (χ0v) is 9.26. The maximum absolute atomic E-state index is 12.5. The van der Waals surface area contributed by atoms with E-state index in [4.69, 9.17) is 0 Å². The van der Waals surface area contributed by atoms with Gasteiger partial charge in [0.05, 0.1) is 11.3 Å². The SMILES string of the molecule is C=Nc1c(I=C)cccc1C(F)(F)F. The summed E-state index contributed by atoms with van der Waals surface area (Å²) in [6.07, 6.45) is -4.37. The molecule has 1 nitrogen and oxygen atoms in total. The zero-order valence-electron chi connectivity index (χ0n) is 7.11. The second kappa shape index (κ2) is 4.20. The lowest BCUT2D eigenvalue weighted by Gasteiger charge is -2.10. The van der Waals surface area contributed by atoms with E-state index in [1.54, 1.807) is 6.07 Å². The highest BCUT2D eigenvalue weighted by Gasteiger charge is 2.33. The van der Waals surface area contributed by atoms with Gasteiger partial charge in [-0.3, -0.25) is 4.99 Å². The first-order valence-electron chi connectivity index (χ1n) is 3.56. The van der Waals surface area contributed by atoms with Crippen LogP contribution in [0.25, 0.3) is 0 Å². The highest BCUT2D eigenvalue weighted by atomic mass is 127. The summed E-state index contributed by atoms with van der Waals surface area (Å²) in [5.74, 6) is 0. The van der Waals surface area contributed by atoms with E-state index in [1.165, 1.54) is 6.07 Å². The Hall–Kier alpha value is -0.720. The van der Waals surface area contributed by atoms with Crippen molar-refractivity contribution in [2.24, 2.45) is 4.99 Å². The van der Waals surface area contributed by atoms with Crippen LogP contribution in [0.5, 0.6) is 0 Å². The number of hydrogen-bond acceptors (Lipinski definition) is 1. The quantitative estimate of drug-likeness (QED) is 0.584. The molecule has 1 rings (SSSR count). The predicted octanol–water partition coefficient (Wildman–Crippen LogP) is 3.61. The Balaban J connectivity index is 3.44. The van der Waals surface area contributed by atoms with Gasteiger partial charge in [0.2, 0.25) is 0 Å². The van der Waals surface area contributed by atoms with Gasteiger partial charge in [-0.1, -0.05) is 31.3 Å². The minimum Gasteiger partial charge on any atom is -0.263 e. The molecule has 0 aliphatic rings. The summed E-state index contributed by atoms with van der Waals surface area (Å²) in [6.45, 7) is 3.15. The normalized spacial score (nSPS) is 11.4. The van der Waals surface area contributed by atoms with Crippen LogP contribution in [0.1, 0.15) is 5.56 Å². The summed E-state index contributed by atoms with van der Waals surface area (Å²) in [5.41, 5.74) is -0.795. The van der Waals surface area contributed by atoms with Crippen LogP contribution in [0.4, 0.5) is 18.9 Å². The summed E-state index contributed by atoms with van der Waals surface area (Å²) in [4.78, 5) is 3.43. The van der Waals surface area contributed by atoms with E-state index in [0.717, 1.165) is 6.07 Å². The van der Waals surface area contributed by atoms with E-state index in [-0.39, 0.29) is 5.69 Å². The molecule has 0 amide bonds. The van der Waals surface area contributed by atoms with E-state index in [0.29, 0.717) is 3.57 Å². The average molecular weight is 313 g/mol. The Morgan fingerprint density at radius 2 is 1.93 bits per heavy atom. The van der Waals surface area contributed by atoms with Gasteiger partial charge in [0.1, 0.15) is 0 Å². The molecule has 0 bridgehead atoms. The summed E-state index contributed by atoms with van der Waals surface area (Å²) >= 11 is -0.668. The first-order chi connectivity index (χ1) is 6.50. The maximum atomic E-state index is 12.5. The molecule has 0 heterocycles. The van der Waals surface area contributed by atoms with Crippen molar-refractivity contribution < 1.29 is 13.2 Å². The van der Waals surface area contributed by atoms with E-state index < -0.39 is 32.5 Å². The molecule has 0 fully saturated rings. The lowest BCUT2D eigenvalue weighted by atomic mass is 10.2. The van der Waals surface area contributed by atoms with Crippen molar-refractivity contribution in [1.29, 1.82) is 0 Å². The molecule has 14 heavy (non-hydrogen) atoms. The fourth-order valence-electron chi connectivity index (χ4n) is 1.01. The van der Waals surface area contributed by atoms with Gasteiger partial charge < -0.3 is 0 Å². The Morgan fingerprint density at radius 1 is 1.29 bits per heavy atom. The van der Waals surface area contributed by atoms with Crippen molar-refractivity contribution in [3.05, 3.63) is 27.3 Å². The van der Waals surface area contributed by atoms with Crippen LogP contribution in [-0.2, 0) is 6.18 Å². The Bertz CT molecular complexity index is 371. The topological polar surface area (TPSA) is 12.4 Å². The van der Waals surface area contributed by atoms with Crippen LogP contribution in [0.2, 0.25) is 0 Å². The van der Waals surface area contributed by atoms with Crippen molar-refractivity contribution in [2.75, 3.05) is 0 Å². The molecule has 1 aromatic rings. The van der Waals surface area contributed by atoms with E-state index in [2.05, 4.69) is 16.2 Å². The molecule has 0 N–H and O–H groups in total. The molecule has 0 radical (unpaired) electrons. The van der Waals surface area contributed by atoms with Crippen molar-refractivity contribution in [3.63, 3.8) is 0 Å². The van der Waals surface area contributed by atoms with Gasteiger partial charge in [0, 0.05) is 3.57 Å². The maximum Gasteiger partial charge on any atom is 0.418 e. The second-order valence-electron chi connectivity index (χ2n) is 2.43. The monoisotopic (exact) mass is 313 g/mol. The third kappa shape index (κ3) is 2.20. The lowest BCUT2D eigenvalue weighted by Crippen LogP contribution is -2.05. The largest absolute Gasteiger partial charge is 0.418 e. The molecule has 76 valence electrons. The molecule has 0 saturated heterocycles. The van der Waals surface area contributed by atoms with Crippen molar-refractivity contribution >= 4 is 37.7 Å². The number of nitrogens with zero attached hydrogens (tertiary/aromatic N) is 1. The highest BCUT2D eigenvalue weighted by molar-refractivity contribution is 14.2. The number of alkyl halides is 3. The molecule has 0 aliphatic heterocycles. The molecule has 0 unspecified atom stereocenters. The standard InChI is InChI=1S/C9H7F3IN/c1-13-7-5-3-4-6(8(7)14-2)9(10,11)12/h3-5H,1-2H2. The Labute approximate surface area is 89.4 Å². The minimum atomic E-state index is -4.37. The molecule has 0 aliphatic carbocycles. The second-order valence-corrected chi connectivity index (χ2v) is 4.35. The third-order valence-electron chi connectivity index (χ3n) is 1.59. The molecule has 0 aromatic heterocycles. The van der Waals surface area contributed by atoms with Crippen LogP contribution in [0, 0.1) is 3.57 Å². The van der Waals surface area contributed by atoms with Gasteiger partial charge in [-0.2, -0.15) is 13.2 Å². The van der Waals surface area contributed by atoms with Crippen LogP contribution >= 0.6 is 20.7 Å². The fraction of sp³-hybridized carbons (Fsp3) is 0.111. The van der Waals surface area contributed by atoms with Crippen molar-refractivity contribution in [1.82, 2.24) is 0 Å². The third-order valence-corrected chi connectivity index (χ3v) is 3.29. The van der Waals surface area contributed by atoms with Gasteiger partial charge in [0.25, 0.3) is 0 Å². The van der Waals surface area contributed by atoms with Crippen LogP contribution in [0.15, 0.2) is 23.2 Å². The molecule has 0 spiro atoms. The number of halogens is 4. The van der Waals surface area contributed by atoms with Gasteiger partial charge >= 0.3 is 6.18 Å². The summed E-state index contributed by atoms with van der Waals surface area (Å²) < 4.78 is 41.6. The van der Waals surface area contributed by atoms with Crippen molar-refractivity contribution in [2.45, 2.75) is 6.18 Å². The molecule has 5 heteroatoms. The molecular weight excluding hydrogens is 306 g/mol. The number of benzene rings is 1. The van der Waals surface area contributed by atoms with Gasteiger partial charge in [-0.05, 0) is 18.9 Å². The van der Waals surface area contributed by atoms with Gasteiger partial charge in [-0.15, -0.1) is 0 Å². The van der Waals surface area contributed by atoms with Gasteiger partial charge in [0.15, 0.2) is 0 Å². The Kier molecular flexibility index (Phi) is 3.41. The molecule has 1 aromatic carbocycles. The lowest BCUT2D eigenvalue weighted by molar-refractivity contribution is -0.137. The number of para-hydroxylation sites is 1. The van der Waals surface area contributed by atoms with E-state index in [1.807, 2.05) is 0 Å². The van der Waals surface area contributed by atoms with Crippen LogP contribution in [0.3, 0.4) is 0 Å². The highest BCUT2D eigenvalue weighted by Crippen LogP contribution is 2.39. The number of rotatable bonds is 2.